The molecule has 10 heteroatoms. The quantitative estimate of drug-likeness (QED) is 0.274. The third kappa shape index (κ3) is 3.03. The second kappa shape index (κ2) is 6.84. The molecule has 0 unspecified atom stereocenters. The largest absolute Gasteiger partial charge is 0.339 e. The number of hydrogen-bond donors (Lipinski definition) is 4. The number of urea groups is 2. The van der Waals surface area contributed by atoms with Crippen molar-refractivity contribution in [3.63, 3.8) is 0 Å². The monoisotopic (exact) mass is 366 g/mol. The van der Waals surface area contributed by atoms with Gasteiger partial charge in [0.15, 0.2) is 0 Å². The van der Waals surface area contributed by atoms with Crippen molar-refractivity contribution in [3.8, 4) is 0 Å². The van der Waals surface area contributed by atoms with E-state index in [-0.39, 0.29) is 11.8 Å². The average Bonchev–Trinajstić information content (AvgIpc) is 2.97. The number of carbonyl (C=O) groups is 4. The van der Waals surface area contributed by atoms with Crippen LogP contribution < -0.4 is 22.3 Å². The molecule has 10 nitrogen and oxygen atoms in total. The van der Waals surface area contributed by atoms with E-state index in [2.05, 4.69) is 10.6 Å². The van der Waals surface area contributed by atoms with Crippen LogP contribution in [0.4, 0.5) is 9.59 Å². The molecule has 4 fully saturated rings. The summed E-state index contributed by atoms with van der Waals surface area (Å²) in [7, 11) is 0. The standard InChI is InChI=1S/2C8H13N3O2/c2*9-11-6(12)8(10-7(11)13)4-2-1-3-5-8/h2*1-5,9H2,(H,10,13). The van der Waals surface area contributed by atoms with Gasteiger partial charge in [-0.05, 0) is 25.7 Å². The molecule has 4 rings (SSSR count). The van der Waals surface area contributed by atoms with Crippen LogP contribution in [0.2, 0.25) is 0 Å². The van der Waals surface area contributed by atoms with E-state index in [1.807, 2.05) is 0 Å². The molecule has 0 aromatic carbocycles. The zero-order valence-corrected chi connectivity index (χ0v) is 14.8. The lowest BCUT2D eigenvalue weighted by Gasteiger charge is -2.29. The van der Waals surface area contributed by atoms with Crippen LogP contribution in [0.25, 0.3) is 0 Å². The van der Waals surface area contributed by atoms with Crippen molar-refractivity contribution in [2.45, 2.75) is 75.3 Å². The van der Waals surface area contributed by atoms with Gasteiger partial charge in [-0.1, -0.05) is 38.5 Å². The van der Waals surface area contributed by atoms with Crippen LogP contribution in [0.15, 0.2) is 0 Å². The first-order valence-corrected chi connectivity index (χ1v) is 9.14. The molecular formula is C16H26N6O4. The van der Waals surface area contributed by atoms with Crippen LogP contribution in [-0.2, 0) is 9.59 Å². The van der Waals surface area contributed by atoms with Gasteiger partial charge >= 0.3 is 12.1 Å². The van der Waals surface area contributed by atoms with E-state index < -0.39 is 23.1 Å². The lowest BCUT2D eigenvalue weighted by molar-refractivity contribution is -0.133. The van der Waals surface area contributed by atoms with Gasteiger partial charge in [-0.3, -0.25) is 9.59 Å². The Balaban J connectivity index is 0.000000151. The minimum absolute atomic E-state index is 0.266. The van der Waals surface area contributed by atoms with Crippen molar-refractivity contribution in [2.75, 3.05) is 0 Å². The summed E-state index contributed by atoms with van der Waals surface area (Å²) >= 11 is 0. The maximum atomic E-state index is 11.6. The fourth-order valence-corrected chi connectivity index (χ4v) is 4.27. The van der Waals surface area contributed by atoms with E-state index in [9.17, 15) is 19.2 Å². The third-order valence-electron chi connectivity index (χ3n) is 5.80. The van der Waals surface area contributed by atoms with E-state index >= 15 is 0 Å². The molecule has 2 heterocycles. The molecule has 2 aliphatic carbocycles. The SMILES string of the molecule is NN1C(=O)NC2(CCCCC2)C1=O.NN1C(=O)NC2(CCCCC2)C1=O. The van der Waals surface area contributed by atoms with Crippen LogP contribution in [0.5, 0.6) is 0 Å². The van der Waals surface area contributed by atoms with Crippen molar-refractivity contribution in [2.24, 2.45) is 11.7 Å². The van der Waals surface area contributed by atoms with Gasteiger partial charge < -0.3 is 10.6 Å². The van der Waals surface area contributed by atoms with Gasteiger partial charge in [0.05, 0.1) is 0 Å². The fourth-order valence-electron chi connectivity index (χ4n) is 4.27. The number of hydrogen-bond acceptors (Lipinski definition) is 6. The molecule has 4 aliphatic rings. The third-order valence-corrected chi connectivity index (χ3v) is 5.80. The van der Waals surface area contributed by atoms with Gasteiger partial charge in [-0.15, -0.1) is 0 Å². The Kier molecular flexibility index (Phi) is 4.89. The normalized spacial score (nSPS) is 26.7. The topological polar surface area (TPSA) is 151 Å². The molecule has 0 aromatic heterocycles. The van der Waals surface area contributed by atoms with Gasteiger partial charge in [-0.2, -0.15) is 10.0 Å². The Morgan fingerprint density at radius 1 is 0.615 bits per heavy atom. The molecule has 6 amide bonds. The highest BCUT2D eigenvalue weighted by Gasteiger charge is 2.51. The molecule has 2 aliphatic heterocycles. The zero-order valence-electron chi connectivity index (χ0n) is 14.8. The number of nitrogens with zero attached hydrogens (tertiary/aromatic N) is 2. The van der Waals surface area contributed by atoms with E-state index in [1.165, 1.54) is 0 Å². The Hall–Kier alpha value is -2.20. The minimum atomic E-state index is -0.663. The van der Waals surface area contributed by atoms with E-state index in [0.29, 0.717) is 10.0 Å². The summed E-state index contributed by atoms with van der Waals surface area (Å²) in [6.45, 7) is 0. The van der Waals surface area contributed by atoms with E-state index in [0.717, 1.165) is 64.2 Å². The van der Waals surface area contributed by atoms with Gasteiger partial charge in [0.25, 0.3) is 11.8 Å². The first-order valence-electron chi connectivity index (χ1n) is 9.14. The van der Waals surface area contributed by atoms with Crippen molar-refractivity contribution in [1.29, 1.82) is 0 Å². The van der Waals surface area contributed by atoms with Crippen LogP contribution in [0, 0.1) is 0 Å². The molecule has 26 heavy (non-hydrogen) atoms. The Labute approximate surface area is 151 Å². The molecule has 144 valence electrons. The molecule has 0 radical (unpaired) electrons. The van der Waals surface area contributed by atoms with Gasteiger partial charge in [0.2, 0.25) is 0 Å². The first kappa shape index (κ1) is 18.6. The zero-order chi connectivity index (χ0) is 18.9. The minimum Gasteiger partial charge on any atom is -0.322 e. The average molecular weight is 366 g/mol. The highest BCUT2D eigenvalue weighted by Crippen LogP contribution is 2.33. The molecule has 2 saturated heterocycles. The summed E-state index contributed by atoms with van der Waals surface area (Å²) in [5, 5.41) is 6.76. The molecule has 2 saturated carbocycles. The smallest absolute Gasteiger partial charge is 0.322 e. The highest BCUT2D eigenvalue weighted by molar-refractivity contribution is 6.07. The number of hydrazine groups is 2. The Morgan fingerprint density at radius 3 is 1.15 bits per heavy atom. The molecule has 6 N–H and O–H groups in total. The number of amides is 6. The number of imide groups is 2. The summed E-state index contributed by atoms with van der Waals surface area (Å²) in [5.74, 6) is 10.1. The van der Waals surface area contributed by atoms with Crippen LogP contribution >= 0.6 is 0 Å². The predicted octanol–water partition coefficient (Wildman–Crippen LogP) is 0.230. The molecule has 0 bridgehead atoms. The molecule has 2 spiro atoms. The fraction of sp³-hybridized carbons (Fsp3) is 0.750. The predicted molar refractivity (Wildman–Crippen MR) is 90.8 cm³/mol. The van der Waals surface area contributed by atoms with Crippen LogP contribution in [0.1, 0.15) is 64.2 Å². The lowest BCUT2D eigenvalue weighted by atomic mass is 9.82. The van der Waals surface area contributed by atoms with E-state index in [1.54, 1.807) is 0 Å². The number of nitrogens with one attached hydrogen (secondary N) is 2. The Bertz CT molecular complexity index is 570. The summed E-state index contributed by atoms with van der Waals surface area (Å²) in [5.41, 5.74) is -1.33. The summed E-state index contributed by atoms with van der Waals surface area (Å²) in [4.78, 5) is 45.5. The Morgan fingerprint density at radius 2 is 0.923 bits per heavy atom. The lowest BCUT2D eigenvalue weighted by Crippen LogP contribution is -2.48. The number of carbonyl (C=O) groups excluding carboxylic acids is 4. The van der Waals surface area contributed by atoms with Crippen molar-refractivity contribution < 1.29 is 19.2 Å². The number of rotatable bonds is 0. The number of nitrogens with two attached hydrogens (primary N) is 2. The second-order valence-electron chi connectivity index (χ2n) is 7.50. The molecule has 0 aromatic rings. The molecule has 0 atom stereocenters. The maximum absolute atomic E-state index is 11.6. The summed E-state index contributed by atoms with van der Waals surface area (Å²) in [6, 6.07) is -0.932. The van der Waals surface area contributed by atoms with Gasteiger partial charge in [0, 0.05) is 0 Å². The van der Waals surface area contributed by atoms with Crippen molar-refractivity contribution >= 4 is 23.9 Å². The van der Waals surface area contributed by atoms with E-state index in [4.69, 9.17) is 11.7 Å². The summed E-state index contributed by atoms with van der Waals surface area (Å²) in [6.07, 6.45) is 9.12. The molecular weight excluding hydrogens is 340 g/mol. The van der Waals surface area contributed by atoms with Gasteiger partial charge in [0.1, 0.15) is 11.1 Å². The summed E-state index contributed by atoms with van der Waals surface area (Å²) < 4.78 is 0. The maximum Gasteiger partial charge on any atom is 0.339 e. The van der Waals surface area contributed by atoms with Crippen LogP contribution in [0.3, 0.4) is 0 Å². The van der Waals surface area contributed by atoms with Crippen molar-refractivity contribution in [3.05, 3.63) is 0 Å². The highest BCUT2D eigenvalue weighted by atomic mass is 16.2. The van der Waals surface area contributed by atoms with Crippen LogP contribution in [-0.4, -0.2) is 45.0 Å². The first-order chi connectivity index (χ1) is 12.3. The van der Waals surface area contributed by atoms with Gasteiger partial charge in [-0.25, -0.2) is 21.3 Å². The van der Waals surface area contributed by atoms with Crippen molar-refractivity contribution in [1.82, 2.24) is 20.7 Å². The second-order valence-corrected chi connectivity index (χ2v) is 7.50.